The second-order valence-electron chi connectivity index (χ2n) is 8.37. The summed E-state index contributed by atoms with van der Waals surface area (Å²) >= 11 is 0. The van der Waals surface area contributed by atoms with Crippen LogP contribution in [0, 0.1) is 11.3 Å². The Morgan fingerprint density at radius 1 is 1.30 bits per heavy atom. The molecule has 1 aliphatic rings. The van der Waals surface area contributed by atoms with Gasteiger partial charge in [-0.25, -0.2) is 13.4 Å². The highest BCUT2D eigenvalue weighted by molar-refractivity contribution is 7.92. The van der Waals surface area contributed by atoms with Crippen molar-refractivity contribution in [2.45, 2.75) is 38.5 Å². The van der Waals surface area contributed by atoms with Crippen molar-refractivity contribution < 1.29 is 13.2 Å². The van der Waals surface area contributed by atoms with Gasteiger partial charge in [-0.1, -0.05) is 0 Å². The van der Waals surface area contributed by atoms with E-state index in [-0.39, 0.29) is 18.0 Å². The van der Waals surface area contributed by atoms with Crippen molar-refractivity contribution in [1.82, 2.24) is 24.3 Å². The Balaban J connectivity index is 1.65. The second-order valence-corrected chi connectivity index (χ2v) is 10.1. The van der Waals surface area contributed by atoms with Gasteiger partial charge in [0, 0.05) is 30.3 Å². The fraction of sp³-hybridized carbons (Fsp3) is 0.364. The Kier molecular flexibility index (Phi) is 5.26. The maximum Gasteiger partial charge on any atom is 0.231 e. The predicted molar refractivity (Wildman–Crippen MR) is 123 cm³/mol. The molecule has 0 radical (unpaired) electrons. The van der Waals surface area contributed by atoms with Crippen LogP contribution in [-0.4, -0.2) is 51.7 Å². The van der Waals surface area contributed by atoms with Crippen molar-refractivity contribution in [3.63, 3.8) is 0 Å². The van der Waals surface area contributed by atoms with Gasteiger partial charge in [0.05, 0.1) is 47.8 Å². The molecule has 33 heavy (non-hydrogen) atoms. The van der Waals surface area contributed by atoms with Crippen LogP contribution in [0.15, 0.2) is 36.7 Å². The van der Waals surface area contributed by atoms with Gasteiger partial charge in [0.2, 0.25) is 10.0 Å². The number of hydrogen-bond donors (Lipinski definition) is 1. The van der Waals surface area contributed by atoms with E-state index < -0.39 is 10.0 Å². The quantitative estimate of drug-likeness (QED) is 0.480. The van der Waals surface area contributed by atoms with E-state index in [1.54, 1.807) is 29.2 Å². The molecule has 10 nitrogen and oxygen atoms in total. The zero-order valence-electron chi connectivity index (χ0n) is 18.3. The number of anilines is 1. The number of nitrogens with zero attached hydrogens (tertiary/aromatic N) is 6. The first-order valence-electron chi connectivity index (χ1n) is 10.6. The fourth-order valence-electron chi connectivity index (χ4n) is 4.45. The summed E-state index contributed by atoms with van der Waals surface area (Å²) in [5.74, 6) is 1.04. The third-order valence-corrected chi connectivity index (χ3v) is 6.35. The molecule has 1 N–H and O–H groups in total. The predicted octanol–water partition coefficient (Wildman–Crippen LogP) is 2.81. The van der Waals surface area contributed by atoms with Crippen LogP contribution in [0.25, 0.3) is 21.9 Å². The third-order valence-electron chi connectivity index (χ3n) is 5.77. The number of hydrogen-bond acceptors (Lipinski definition) is 7. The topological polar surface area (TPSA) is 128 Å². The molecule has 4 aromatic rings. The summed E-state index contributed by atoms with van der Waals surface area (Å²) in [5, 5.41) is 14.7. The first kappa shape index (κ1) is 21.4. The number of aromatic nitrogens is 5. The molecule has 0 saturated carbocycles. The highest BCUT2D eigenvalue weighted by Crippen LogP contribution is 2.34. The normalized spacial score (nSPS) is 19.1. The van der Waals surface area contributed by atoms with E-state index in [0.717, 1.165) is 46.9 Å². The number of sulfonamides is 1. The highest BCUT2D eigenvalue weighted by atomic mass is 32.2. The number of benzene rings is 1. The van der Waals surface area contributed by atoms with Crippen molar-refractivity contribution in [3.05, 3.63) is 48.0 Å². The fourth-order valence-corrected chi connectivity index (χ4v) is 4.94. The number of pyridine rings is 1. The Morgan fingerprint density at radius 3 is 2.91 bits per heavy atom. The van der Waals surface area contributed by atoms with E-state index in [4.69, 9.17) is 9.72 Å². The van der Waals surface area contributed by atoms with Crippen LogP contribution in [0.4, 0.5) is 5.82 Å². The van der Waals surface area contributed by atoms with Crippen LogP contribution in [0.5, 0.6) is 0 Å². The molecule has 0 aliphatic carbocycles. The lowest BCUT2D eigenvalue weighted by Crippen LogP contribution is -2.27. The van der Waals surface area contributed by atoms with Crippen LogP contribution in [0.2, 0.25) is 0 Å². The highest BCUT2D eigenvalue weighted by Gasteiger charge is 2.26. The lowest BCUT2D eigenvalue weighted by atomic mass is 10.0. The summed E-state index contributed by atoms with van der Waals surface area (Å²) in [4.78, 5) is 9.42. The third kappa shape index (κ3) is 4.27. The van der Waals surface area contributed by atoms with Gasteiger partial charge in [0.25, 0.3) is 0 Å². The van der Waals surface area contributed by atoms with Gasteiger partial charge in [0.15, 0.2) is 5.82 Å². The van der Waals surface area contributed by atoms with E-state index in [1.807, 2.05) is 12.1 Å². The van der Waals surface area contributed by atoms with E-state index in [0.29, 0.717) is 18.7 Å². The maximum absolute atomic E-state index is 11.5. The van der Waals surface area contributed by atoms with Gasteiger partial charge in [0.1, 0.15) is 11.3 Å². The molecule has 0 spiro atoms. The first-order chi connectivity index (χ1) is 15.8. The van der Waals surface area contributed by atoms with Gasteiger partial charge in [-0.3, -0.25) is 14.4 Å². The molecule has 1 saturated heterocycles. The number of fused-ring (bicyclic) bond motifs is 3. The maximum atomic E-state index is 11.5. The molecule has 4 heterocycles. The van der Waals surface area contributed by atoms with Gasteiger partial charge in [-0.05, 0) is 38.0 Å². The Bertz CT molecular complexity index is 1500. The van der Waals surface area contributed by atoms with Crippen molar-refractivity contribution in [3.8, 4) is 6.07 Å². The molecular formula is C22H23N7O3S. The van der Waals surface area contributed by atoms with Crippen molar-refractivity contribution in [1.29, 1.82) is 5.26 Å². The SMILES string of the molecule is CC1CC(n2c(Cn3ccc(NS(C)(=O)=O)n3)nc3cnc4ccc(C#N)cc4c32)CCO1. The molecule has 2 atom stereocenters. The van der Waals surface area contributed by atoms with Crippen LogP contribution in [0.3, 0.4) is 0 Å². The number of nitriles is 1. The smallest absolute Gasteiger partial charge is 0.231 e. The number of ether oxygens (including phenoxy) is 1. The molecule has 170 valence electrons. The molecular weight excluding hydrogens is 442 g/mol. The van der Waals surface area contributed by atoms with Crippen molar-refractivity contribution in [2.24, 2.45) is 0 Å². The minimum absolute atomic E-state index is 0.118. The van der Waals surface area contributed by atoms with Gasteiger partial charge in [-0.15, -0.1) is 0 Å². The van der Waals surface area contributed by atoms with Crippen LogP contribution in [0.1, 0.15) is 37.2 Å². The van der Waals surface area contributed by atoms with Crippen molar-refractivity contribution >= 4 is 37.8 Å². The lowest BCUT2D eigenvalue weighted by Gasteiger charge is -2.30. The number of imidazole rings is 1. The molecule has 2 unspecified atom stereocenters. The molecule has 5 rings (SSSR count). The molecule has 1 aromatic carbocycles. The van der Waals surface area contributed by atoms with E-state index >= 15 is 0 Å². The largest absolute Gasteiger partial charge is 0.378 e. The minimum Gasteiger partial charge on any atom is -0.378 e. The second kappa shape index (κ2) is 8.13. The van der Waals surface area contributed by atoms with Crippen molar-refractivity contribution in [2.75, 3.05) is 17.6 Å². The Morgan fingerprint density at radius 2 is 2.15 bits per heavy atom. The summed E-state index contributed by atoms with van der Waals surface area (Å²) < 4.78 is 35.1. The summed E-state index contributed by atoms with van der Waals surface area (Å²) in [6.07, 6.45) is 6.35. The number of nitrogens with one attached hydrogen (secondary N) is 1. The average Bonchev–Trinajstić information content (AvgIpc) is 3.36. The van der Waals surface area contributed by atoms with Gasteiger partial charge in [-0.2, -0.15) is 10.4 Å². The Labute approximate surface area is 190 Å². The standard InChI is InChI=1S/C22H23N7O3S/c1-14-9-16(6-8-32-14)29-21(13-28-7-5-20(26-28)27-33(2,30)31)25-19-12-24-18-4-3-15(11-23)10-17(18)22(19)29/h3-5,7,10,12,14,16H,6,8-9,13H2,1-2H3,(H,26,27). The number of rotatable bonds is 5. The molecule has 0 amide bonds. The van der Waals surface area contributed by atoms with Crippen LogP contribution >= 0.6 is 0 Å². The molecule has 1 fully saturated rings. The zero-order valence-corrected chi connectivity index (χ0v) is 19.1. The summed E-state index contributed by atoms with van der Waals surface area (Å²) in [6, 6.07) is 9.46. The van der Waals surface area contributed by atoms with E-state index in [2.05, 4.69) is 32.4 Å². The molecule has 11 heteroatoms. The monoisotopic (exact) mass is 465 g/mol. The summed E-state index contributed by atoms with van der Waals surface area (Å²) in [7, 11) is -3.41. The molecule has 3 aromatic heterocycles. The van der Waals surface area contributed by atoms with E-state index in [9.17, 15) is 13.7 Å². The summed E-state index contributed by atoms with van der Waals surface area (Å²) in [5.41, 5.74) is 3.05. The minimum atomic E-state index is -3.41. The molecule has 1 aliphatic heterocycles. The average molecular weight is 466 g/mol. The van der Waals surface area contributed by atoms with Gasteiger partial charge >= 0.3 is 0 Å². The Hall–Kier alpha value is -3.49. The van der Waals surface area contributed by atoms with E-state index in [1.165, 1.54) is 0 Å². The first-order valence-corrected chi connectivity index (χ1v) is 12.5. The molecule has 0 bridgehead atoms. The summed E-state index contributed by atoms with van der Waals surface area (Å²) in [6.45, 7) is 3.07. The van der Waals surface area contributed by atoms with Crippen LogP contribution in [-0.2, 0) is 21.3 Å². The van der Waals surface area contributed by atoms with Crippen LogP contribution < -0.4 is 4.72 Å². The van der Waals surface area contributed by atoms with Gasteiger partial charge < -0.3 is 9.30 Å². The lowest BCUT2D eigenvalue weighted by molar-refractivity contribution is 0.00619. The zero-order chi connectivity index (χ0) is 23.2.